The van der Waals surface area contributed by atoms with Crippen molar-refractivity contribution in [2.75, 3.05) is 5.32 Å². The molecule has 0 fully saturated rings. The van der Waals surface area contributed by atoms with Gasteiger partial charge in [0.25, 0.3) is 12.4 Å². The fourth-order valence-corrected chi connectivity index (χ4v) is 2.80. The number of fused-ring (bicyclic) bond motifs is 1. The lowest BCUT2D eigenvalue weighted by molar-refractivity contribution is -0.122. The summed E-state index contributed by atoms with van der Waals surface area (Å²) in [6, 6.07) is 7.79. The number of aryl methyl sites for hydroxylation is 3. The smallest absolute Gasteiger partial charge is 0.336 e. The van der Waals surface area contributed by atoms with Crippen LogP contribution in [0.15, 0.2) is 44.3 Å². The van der Waals surface area contributed by atoms with E-state index in [1.54, 1.807) is 12.1 Å². The number of hydrogen-bond donors (Lipinski definition) is 3. The highest BCUT2D eigenvalue weighted by Gasteiger charge is 2.14. The Morgan fingerprint density at radius 3 is 2.50 bits per heavy atom. The number of carbonyl (C=O) groups excluding carboxylic acids is 1. The molecule has 8 heteroatoms. The summed E-state index contributed by atoms with van der Waals surface area (Å²) in [5, 5.41) is 10.5. The Labute approximate surface area is 159 Å². The summed E-state index contributed by atoms with van der Waals surface area (Å²) in [4.78, 5) is 46.6. The van der Waals surface area contributed by atoms with Crippen LogP contribution in [0.5, 0.6) is 0 Å². The molecule has 0 atom stereocenters. The fourth-order valence-electron chi connectivity index (χ4n) is 2.80. The van der Waals surface area contributed by atoms with Crippen molar-refractivity contribution < 1.29 is 19.1 Å². The summed E-state index contributed by atoms with van der Waals surface area (Å²) in [7, 11) is 0. The van der Waals surface area contributed by atoms with Gasteiger partial charge >= 0.3 is 5.63 Å². The molecule has 0 radical (unpaired) electrons. The lowest BCUT2D eigenvalue weighted by Crippen LogP contribution is -2.19. The predicted molar refractivity (Wildman–Crippen MR) is 105 cm³/mol. The largest absolute Gasteiger partial charge is 0.483 e. The lowest BCUT2D eigenvalue weighted by atomic mass is 10.1. The summed E-state index contributed by atoms with van der Waals surface area (Å²) in [6.45, 7) is 5.26. The van der Waals surface area contributed by atoms with Crippen molar-refractivity contribution in [3.05, 3.63) is 73.5 Å². The van der Waals surface area contributed by atoms with Crippen molar-refractivity contribution in [2.45, 2.75) is 27.2 Å². The van der Waals surface area contributed by atoms with Crippen LogP contribution >= 0.6 is 0 Å². The van der Waals surface area contributed by atoms with E-state index in [0.717, 1.165) is 16.5 Å². The number of rotatable bonds is 3. The third-order valence-corrected chi connectivity index (χ3v) is 4.14. The molecule has 1 amide bonds. The Hall–Kier alpha value is -3.68. The van der Waals surface area contributed by atoms with Crippen LogP contribution in [0.4, 0.5) is 5.69 Å². The molecule has 146 valence electrons. The maximum atomic E-state index is 12.6. The Morgan fingerprint density at radius 2 is 1.86 bits per heavy atom. The van der Waals surface area contributed by atoms with Crippen molar-refractivity contribution in [1.82, 2.24) is 4.98 Å². The van der Waals surface area contributed by atoms with Crippen LogP contribution < -0.4 is 16.5 Å². The quantitative estimate of drug-likeness (QED) is 0.470. The molecule has 2 aromatic heterocycles. The first-order chi connectivity index (χ1) is 13.3. The zero-order valence-electron chi connectivity index (χ0n) is 15.7. The minimum absolute atomic E-state index is 0.235. The number of H-pyrrole nitrogens is 1. The molecule has 3 aromatic rings. The monoisotopic (exact) mass is 384 g/mol. The van der Waals surface area contributed by atoms with E-state index >= 15 is 0 Å². The van der Waals surface area contributed by atoms with E-state index in [1.165, 1.54) is 18.2 Å². The standard InChI is InChI=1S/C19H18N2O4.CH2O2/c1-4-14-12(5-6-17(22)20-14)19(24)21-15-9-13-10(2)8-18(23)25-16(13)7-11(15)3;2-1-3/h5-9H,4H2,1-3H3,(H,20,22)(H,21,24);1H,(H,2,3). The second kappa shape index (κ2) is 8.81. The highest BCUT2D eigenvalue weighted by Crippen LogP contribution is 2.25. The zero-order chi connectivity index (χ0) is 20.8. The van der Waals surface area contributed by atoms with Crippen LogP contribution in [-0.2, 0) is 11.2 Å². The number of aromatic amines is 1. The van der Waals surface area contributed by atoms with E-state index in [9.17, 15) is 14.4 Å². The zero-order valence-corrected chi connectivity index (χ0v) is 15.7. The third-order valence-electron chi connectivity index (χ3n) is 4.14. The Balaban J connectivity index is 0.000000878. The van der Waals surface area contributed by atoms with E-state index in [4.69, 9.17) is 14.3 Å². The molecule has 0 saturated carbocycles. The molecule has 28 heavy (non-hydrogen) atoms. The number of benzene rings is 1. The molecule has 0 bridgehead atoms. The second-order valence-corrected chi connectivity index (χ2v) is 6.04. The number of aromatic nitrogens is 1. The van der Waals surface area contributed by atoms with Crippen LogP contribution in [0, 0.1) is 13.8 Å². The van der Waals surface area contributed by atoms with Crippen molar-refractivity contribution in [3.63, 3.8) is 0 Å². The second-order valence-electron chi connectivity index (χ2n) is 6.04. The average molecular weight is 384 g/mol. The molecule has 0 saturated heterocycles. The van der Waals surface area contributed by atoms with E-state index in [0.29, 0.717) is 28.9 Å². The van der Waals surface area contributed by atoms with Crippen molar-refractivity contribution >= 4 is 29.0 Å². The summed E-state index contributed by atoms with van der Waals surface area (Å²) >= 11 is 0. The van der Waals surface area contributed by atoms with E-state index in [-0.39, 0.29) is 17.9 Å². The minimum atomic E-state index is -0.401. The minimum Gasteiger partial charge on any atom is -0.483 e. The molecule has 3 rings (SSSR count). The van der Waals surface area contributed by atoms with Gasteiger partial charge in [0.15, 0.2) is 0 Å². The van der Waals surface area contributed by atoms with Gasteiger partial charge in [0, 0.05) is 28.9 Å². The molecule has 0 spiro atoms. The van der Waals surface area contributed by atoms with Crippen LogP contribution in [0.1, 0.15) is 34.1 Å². The number of amides is 1. The Kier molecular flexibility index (Phi) is 6.49. The number of nitrogens with one attached hydrogen (secondary N) is 2. The first-order valence-electron chi connectivity index (χ1n) is 8.47. The van der Waals surface area contributed by atoms with Gasteiger partial charge in [0.2, 0.25) is 5.56 Å². The topological polar surface area (TPSA) is 129 Å². The lowest BCUT2D eigenvalue weighted by Gasteiger charge is -2.12. The molecule has 0 aliphatic heterocycles. The SMILES string of the molecule is CCc1[nH]c(=O)ccc1C(=O)Nc1cc2c(C)cc(=O)oc2cc1C.O=CO. The van der Waals surface area contributed by atoms with Crippen molar-refractivity contribution in [3.8, 4) is 0 Å². The number of hydrogen-bond acceptors (Lipinski definition) is 5. The van der Waals surface area contributed by atoms with Crippen LogP contribution in [0.2, 0.25) is 0 Å². The molecule has 3 N–H and O–H groups in total. The predicted octanol–water partition coefficient (Wildman–Crippen LogP) is 2.61. The molecule has 0 aliphatic rings. The summed E-state index contributed by atoms with van der Waals surface area (Å²) in [5.41, 5.74) is 3.05. The number of anilines is 1. The van der Waals surface area contributed by atoms with Crippen molar-refractivity contribution in [1.29, 1.82) is 0 Å². The van der Waals surface area contributed by atoms with E-state index < -0.39 is 5.63 Å². The van der Waals surface area contributed by atoms with Gasteiger partial charge in [-0.3, -0.25) is 14.4 Å². The Bertz CT molecular complexity index is 1140. The third kappa shape index (κ3) is 4.53. The van der Waals surface area contributed by atoms with Crippen molar-refractivity contribution in [2.24, 2.45) is 0 Å². The van der Waals surface area contributed by atoms with Crippen LogP contribution in [0.25, 0.3) is 11.0 Å². The van der Waals surface area contributed by atoms with Gasteiger partial charge in [-0.25, -0.2) is 4.79 Å². The van der Waals surface area contributed by atoms with Gasteiger partial charge in [-0.1, -0.05) is 6.92 Å². The first-order valence-corrected chi connectivity index (χ1v) is 8.47. The van der Waals surface area contributed by atoms with Crippen LogP contribution in [-0.4, -0.2) is 22.5 Å². The highest BCUT2D eigenvalue weighted by molar-refractivity contribution is 6.06. The van der Waals surface area contributed by atoms with E-state index in [1.807, 2.05) is 20.8 Å². The van der Waals surface area contributed by atoms with Gasteiger partial charge in [0.1, 0.15) is 5.58 Å². The van der Waals surface area contributed by atoms with E-state index in [2.05, 4.69) is 10.3 Å². The summed E-state index contributed by atoms with van der Waals surface area (Å²) in [5.74, 6) is -0.300. The van der Waals surface area contributed by atoms with Gasteiger partial charge in [-0.15, -0.1) is 0 Å². The number of carboxylic acid groups (broad SMARTS) is 1. The molecular formula is C20H20N2O6. The molecular weight excluding hydrogens is 364 g/mol. The molecule has 2 heterocycles. The summed E-state index contributed by atoms with van der Waals surface area (Å²) in [6.07, 6.45) is 0.541. The summed E-state index contributed by atoms with van der Waals surface area (Å²) < 4.78 is 5.21. The number of pyridine rings is 1. The van der Waals surface area contributed by atoms with Gasteiger partial charge in [-0.05, 0) is 49.6 Å². The van der Waals surface area contributed by atoms with Crippen LogP contribution in [0.3, 0.4) is 0 Å². The number of carbonyl (C=O) groups is 2. The Morgan fingerprint density at radius 1 is 1.18 bits per heavy atom. The normalized spacial score (nSPS) is 10.1. The maximum absolute atomic E-state index is 12.6. The highest BCUT2D eigenvalue weighted by atomic mass is 16.4. The molecule has 0 aliphatic carbocycles. The fraction of sp³-hybridized carbons (Fsp3) is 0.200. The molecule has 0 unspecified atom stereocenters. The molecule has 8 nitrogen and oxygen atoms in total. The van der Waals surface area contributed by atoms with Gasteiger partial charge < -0.3 is 19.8 Å². The maximum Gasteiger partial charge on any atom is 0.336 e. The first kappa shape index (κ1) is 20.6. The average Bonchev–Trinajstić information content (AvgIpc) is 2.63. The van der Waals surface area contributed by atoms with Gasteiger partial charge in [-0.2, -0.15) is 0 Å². The molecule has 1 aromatic carbocycles. The van der Waals surface area contributed by atoms with Gasteiger partial charge in [0.05, 0.1) is 5.56 Å².